The van der Waals surface area contributed by atoms with Gasteiger partial charge in [0, 0.05) is 10.7 Å². The molecule has 2 aromatic rings. The van der Waals surface area contributed by atoms with E-state index >= 15 is 0 Å². The minimum Gasteiger partial charge on any atom is -0.310 e. The Morgan fingerprint density at radius 1 is 1.28 bits per heavy atom. The molecular formula is C13H14F3NS. The zero-order chi connectivity index (χ0) is 13.2. The van der Waals surface area contributed by atoms with Crippen LogP contribution in [0.3, 0.4) is 0 Å². The van der Waals surface area contributed by atoms with Crippen LogP contribution >= 0.6 is 11.3 Å². The van der Waals surface area contributed by atoms with Crippen molar-refractivity contribution in [3.8, 4) is 0 Å². The van der Waals surface area contributed by atoms with Gasteiger partial charge in [-0.3, -0.25) is 0 Å². The van der Waals surface area contributed by atoms with Crippen molar-refractivity contribution in [3.63, 3.8) is 0 Å². The summed E-state index contributed by atoms with van der Waals surface area (Å²) < 4.78 is 38.8. The Kier molecular flexibility index (Phi) is 3.92. The molecule has 0 aliphatic rings. The van der Waals surface area contributed by atoms with E-state index in [-0.39, 0.29) is 0 Å². The molecule has 0 amide bonds. The Balaban J connectivity index is 2.38. The molecule has 1 nitrogen and oxygen atoms in total. The molecular weight excluding hydrogens is 259 g/mol. The Morgan fingerprint density at radius 2 is 2.06 bits per heavy atom. The molecule has 0 fully saturated rings. The summed E-state index contributed by atoms with van der Waals surface area (Å²) in [5.41, 5.74) is 0.738. The highest BCUT2D eigenvalue weighted by Gasteiger charge is 2.32. The summed E-state index contributed by atoms with van der Waals surface area (Å²) in [5, 5.41) is 5.83. The van der Waals surface area contributed by atoms with Gasteiger partial charge in [-0.05, 0) is 28.9 Å². The molecule has 1 unspecified atom stereocenters. The third kappa shape index (κ3) is 3.03. The number of fused-ring (bicyclic) bond motifs is 1. The summed E-state index contributed by atoms with van der Waals surface area (Å²) in [6.07, 6.45) is -5.00. The third-order valence-corrected chi connectivity index (χ3v) is 3.75. The molecule has 18 heavy (non-hydrogen) atoms. The van der Waals surface area contributed by atoms with Crippen molar-refractivity contribution in [1.82, 2.24) is 5.32 Å². The van der Waals surface area contributed by atoms with Crippen molar-refractivity contribution < 1.29 is 13.2 Å². The largest absolute Gasteiger partial charge is 0.390 e. The molecule has 1 N–H and O–H groups in total. The topological polar surface area (TPSA) is 12.0 Å². The van der Waals surface area contributed by atoms with Crippen LogP contribution in [0.2, 0.25) is 0 Å². The van der Waals surface area contributed by atoms with Crippen molar-refractivity contribution in [3.05, 3.63) is 35.2 Å². The van der Waals surface area contributed by atoms with Gasteiger partial charge < -0.3 is 5.32 Å². The highest BCUT2D eigenvalue weighted by Crippen LogP contribution is 2.35. The van der Waals surface area contributed by atoms with Gasteiger partial charge in [0.25, 0.3) is 0 Å². The molecule has 5 heteroatoms. The lowest BCUT2D eigenvalue weighted by Crippen LogP contribution is -2.26. The Hall–Kier alpha value is -1.07. The number of hydrogen-bond acceptors (Lipinski definition) is 2. The lowest BCUT2D eigenvalue weighted by molar-refractivity contribution is -0.140. The van der Waals surface area contributed by atoms with Gasteiger partial charge in [-0.25, -0.2) is 0 Å². The van der Waals surface area contributed by atoms with Crippen molar-refractivity contribution in [2.45, 2.75) is 25.6 Å². The molecule has 0 spiro atoms. The summed E-state index contributed by atoms with van der Waals surface area (Å²) in [6.45, 7) is 2.33. The number of alkyl halides is 3. The van der Waals surface area contributed by atoms with E-state index in [4.69, 9.17) is 0 Å². The lowest BCUT2D eigenvalue weighted by atomic mass is 10.0. The van der Waals surface area contributed by atoms with E-state index < -0.39 is 18.6 Å². The summed E-state index contributed by atoms with van der Waals surface area (Å²) in [5.74, 6) is 0. The molecule has 0 saturated carbocycles. The average Bonchev–Trinajstić information content (AvgIpc) is 2.74. The molecule has 1 aromatic carbocycles. The number of benzene rings is 1. The van der Waals surface area contributed by atoms with Crippen molar-refractivity contribution in [1.29, 1.82) is 0 Å². The van der Waals surface area contributed by atoms with Crippen LogP contribution in [-0.2, 0) is 0 Å². The van der Waals surface area contributed by atoms with Gasteiger partial charge in [0.05, 0.1) is 6.42 Å². The quantitative estimate of drug-likeness (QED) is 0.864. The second kappa shape index (κ2) is 5.28. The van der Waals surface area contributed by atoms with E-state index in [0.29, 0.717) is 6.54 Å². The van der Waals surface area contributed by atoms with Gasteiger partial charge in [-0.15, -0.1) is 11.3 Å². The maximum absolute atomic E-state index is 12.6. The lowest BCUT2D eigenvalue weighted by Gasteiger charge is -2.20. The average molecular weight is 273 g/mol. The molecule has 0 bridgehead atoms. The molecule has 1 aromatic heterocycles. The molecule has 1 heterocycles. The van der Waals surface area contributed by atoms with E-state index in [9.17, 15) is 13.2 Å². The fraction of sp³-hybridized carbons (Fsp3) is 0.385. The number of hydrogen-bond donors (Lipinski definition) is 1. The second-order valence-electron chi connectivity index (χ2n) is 4.12. The highest BCUT2D eigenvalue weighted by atomic mass is 32.1. The smallest absolute Gasteiger partial charge is 0.310 e. The first-order chi connectivity index (χ1) is 8.51. The van der Waals surface area contributed by atoms with E-state index in [1.54, 1.807) is 6.07 Å². The Bertz CT molecular complexity index is 518. The van der Waals surface area contributed by atoms with Gasteiger partial charge in [-0.1, -0.05) is 25.1 Å². The van der Waals surface area contributed by atoms with Crippen molar-refractivity contribution >= 4 is 21.4 Å². The van der Waals surface area contributed by atoms with E-state index in [2.05, 4.69) is 5.32 Å². The summed E-state index contributed by atoms with van der Waals surface area (Å²) >= 11 is 1.49. The van der Waals surface area contributed by atoms with Crippen LogP contribution in [0.5, 0.6) is 0 Å². The van der Waals surface area contributed by atoms with E-state index in [1.807, 2.05) is 30.5 Å². The van der Waals surface area contributed by atoms with Crippen LogP contribution in [-0.4, -0.2) is 12.7 Å². The predicted molar refractivity (Wildman–Crippen MR) is 68.9 cm³/mol. The molecule has 0 aliphatic carbocycles. The van der Waals surface area contributed by atoms with Crippen molar-refractivity contribution in [2.75, 3.05) is 6.54 Å². The maximum atomic E-state index is 12.6. The summed E-state index contributed by atoms with van der Waals surface area (Å²) in [7, 11) is 0. The maximum Gasteiger partial charge on any atom is 0.390 e. The molecule has 2 rings (SSSR count). The number of nitrogens with one attached hydrogen (secondary N) is 1. The summed E-state index contributed by atoms with van der Waals surface area (Å²) in [6, 6.07) is 6.77. The van der Waals surface area contributed by atoms with Gasteiger partial charge >= 0.3 is 6.18 Å². The third-order valence-electron chi connectivity index (χ3n) is 2.77. The SMILES string of the molecule is CCNC(CC(F)(F)F)c1cccc2ccsc12. The molecule has 98 valence electrons. The number of rotatable bonds is 4. The van der Waals surface area contributed by atoms with Crippen LogP contribution < -0.4 is 5.32 Å². The number of halogens is 3. The molecule has 0 radical (unpaired) electrons. The molecule has 1 atom stereocenters. The molecule has 0 saturated heterocycles. The van der Waals surface area contributed by atoms with Crippen molar-refractivity contribution in [2.24, 2.45) is 0 Å². The zero-order valence-electron chi connectivity index (χ0n) is 9.92. The first-order valence-electron chi connectivity index (χ1n) is 5.77. The highest BCUT2D eigenvalue weighted by molar-refractivity contribution is 7.17. The van der Waals surface area contributed by atoms with Gasteiger partial charge in [0.2, 0.25) is 0 Å². The van der Waals surface area contributed by atoms with Gasteiger partial charge in [0.15, 0.2) is 0 Å². The monoisotopic (exact) mass is 273 g/mol. The minimum absolute atomic E-state index is 0.516. The van der Waals surface area contributed by atoms with E-state index in [1.165, 1.54) is 11.3 Å². The standard InChI is InChI=1S/C13H14F3NS/c1-2-17-11(8-13(14,15)16)10-5-3-4-9-6-7-18-12(9)10/h3-7,11,17H,2,8H2,1H3. The first kappa shape index (κ1) is 13.4. The van der Waals surface area contributed by atoms with Crippen LogP contribution in [0.15, 0.2) is 29.6 Å². The van der Waals surface area contributed by atoms with Crippen LogP contribution in [0.4, 0.5) is 13.2 Å². The first-order valence-corrected chi connectivity index (χ1v) is 6.65. The van der Waals surface area contributed by atoms with E-state index in [0.717, 1.165) is 15.6 Å². The normalized spacial score (nSPS) is 14.0. The minimum atomic E-state index is -4.16. The Labute approximate surface area is 108 Å². The number of thiophene rings is 1. The predicted octanol–water partition coefficient (Wildman–Crippen LogP) is 4.50. The van der Waals surface area contributed by atoms with Crippen LogP contribution in [0.1, 0.15) is 24.9 Å². The van der Waals surface area contributed by atoms with Crippen LogP contribution in [0, 0.1) is 0 Å². The van der Waals surface area contributed by atoms with Gasteiger partial charge in [0.1, 0.15) is 0 Å². The zero-order valence-corrected chi connectivity index (χ0v) is 10.7. The summed E-state index contributed by atoms with van der Waals surface area (Å²) in [4.78, 5) is 0. The Morgan fingerprint density at radius 3 is 2.72 bits per heavy atom. The second-order valence-corrected chi connectivity index (χ2v) is 5.03. The fourth-order valence-corrected chi connectivity index (χ4v) is 3.03. The molecule has 0 aliphatic heterocycles. The van der Waals surface area contributed by atoms with Gasteiger partial charge in [-0.2, -0.15) is 13.2 Å². The van der Waals surface area contributed by atoms with Crippen LogP contribution in [0.25, 0.3) is 10.1 Å². The fourth-order valence-electron chi connectivity index (χ4n) is 2.06.